The molecular formula is C25H28N4O3. The number of amides is 1. The lowest BCUT2D eigenvalue weighted by molar-refractivity contribution is -0.116. The molecule has 1 aliphatic heterocycles. The van der Waals surface area contributed by atoms with E-state index in [0.717, 1.165) is 42.3 Å². The summed E-state index contributed by atoms with van der Waals surface area (Å²) < 4.78 is 7.86. The maximum atomic E-state index is 12.3. The average molecular weight is 433 g/mol. The predicted octanol–water partition coefficient (Wildman–Crippen LogP) is 4.67. The minimum atomic E-state index is -0.0513. The number of benzene rings is 2. The molecule has 0 fully saturated rings. The van der Waals surface area contributed by atoms with Gasteiger partial charge in [-0.05, 0) is 74.7 Å². The lowest BCUT2D eigenvalue weighted by Crippen LogP contribution is -2.12. The van der Waals surface area contributed by atoms with Gasteiger partial charge in [-0.25, -0.2) is 0 Å². The Labute approximate surface area is 187 Å². The maximum absolute atomic E-state index is 12.3. The number of aryl methyl sites for hydroxylation is 1. The molecule has 0 radical (unpaired) electrons. The number of nitrogens with zero attached hydrogens (tertiary/aromatic N) is 3. The highest BCUT2D eigenvalue weighted by Crippen LogP contribution is 2.24. The van der Waals surface area contributed by atoms with Crippen molar-refractivity contribution >= 4 is 17.4 Å². The summed E-state index contributed by atoms with van der Waals surface area (Å²) in [4.78, 5) is 23.6. The Morgan fingerprint density at radius 2 is 1.78 bits per heavy atom. The number of carbonyl (C=O) groups is 2. The van der Waals surface area contributed by atoms with Gasteiger partial charge in [0.2, 0.25) is 5.91 Å². The minimum Gasteiger partial charge on any atom is -0.494 e. The van der Waals surface area contributed by atoms with Crippen molar-refractivity contribution in [2.45, 2.75) is 52.0 Å². The van der Waals surface area contributed by atoms with Gasteiger partial charge in [-0.15, -0.1) is 10.2 Å². The summed E-state index contributed by atoms with van der Waals surface area (Å²) in [6, 6.07) is 14.8. The number of hydrogen-bond acceptors (Lipinski definition) is 5. The van der Waals surface area contributed by atoms with Gasteiger partial charge in [0.1, 0.15) is 11.6 Å². The van der Waals surface area contributed by atoms with E-state index in [9.17, 15) is 9.59 Å². The maximum Gasteiger partial charge on any atom is 0.224 e. The molecule has 1 N–H and O–H groups in total. The third kappa shape index (κ3) is 5.41. The minimum absolute atomic E-state index is 0.0255. The van der Waals surface area contributed by atoms with E-state index in [1.54, 1.807) is 24.3 Å². The molecule has 0 saturated carbocycles. The molecule has 166 valence electrons. The van der Waals surface area contributed by atoms with Crippen LogP contribution in [0.2, 0.25) is 0 Å². The number of fused-ring (bicyclic) bond motifs is 1. The summed E-state index contributed by atoms with van der Waals surface area (Å²) in [5.74, 6) is 2.62. The molecule has 2 heterocycles. The Morgan fingerprint density at radius 1 is 1.00 bits per heavy atom. The Kier molecular flexibility index (Phi) is 6.94. The SMILES string of the molecule is CC(=O)c1ccc(OCCCC(=O)Nc2ccc(-c3nnc4n3CCCCC4)cc2)cc1. The molecule has 32 heavy (non-hydrogen) atoms. The summed E-state index contributed by atoms with van der Waals surface area (Å²) in [7, 11) is 0. The number of hydrogen-bond donors (Lipinski definition) is 1. The highest BCUT2D eigenvalue weighted by molar-refractivity contribution is 5.94. The van der Waals surface area contributed by atoms with Crippen LogP contribution in [-0.4, -0.2) is 33.1 Å². The normalized spacial score (nSPS) is 13.2. The fourth-order valence-electron chi connectivity index (χ4n) is 3.83. The van der Waals surface area contributed by atoms with Gasteiger partial charge < -0.3 is 14.6 Å². The summed E-state index contributed by atoms with van der Waals surface area (Å²) in [6.45, 7) is 2.92. The quantitative estimate of drug-likeness (QED) is 0.413. The van der Waals surface area contributed by atoms with Gasteiger partial charge in [0.15, 0.2) is 11.6 Å². The second kappa shape index (κ2) is 10.2. The van der Waals surface area contributed by atoms with Crippen molar-refractivity contribution in [2.24, 2.45) is 0 Å². The fourth-order valence-corrected chi connectivity index (χ4v) is 3.83. The molecule has 7 heteroatoms. The van der Waals surface area contributed by atoms with Crippen molar-refractivity contribution < 1.29 is 14.3 Å². The number of ether oxygens (including phenoxy) is 1. The average Bonchev–Trinajstić information content (AvgIpc) is 3.05. The third-order valence-electron chi connectivity index (χ3n) is 5.61. The number of aromatic nitrogens is 3. The molecule has 3 aromatic rings. The summed E-state index contributed by atoms with van der Waals surface area (Å²) >= 11 is 0. The van der Waals surface area contributed by atoms with Gasteiger partial charge in [-0.1, -0.05) is 6.42 Å². The zero-order valence-electron chi connectivity index (χ0n) is 18.3. The molecule has 7 nitrogen and oxygen atoms in total. The van der Waals surface area contributed by atoms with Crippen LogP contribution in [0.4, 0.5) is 5.69 Å². The van der Waals surface area contributed by atoms with Gasteiger partial charge in [0.05, 0.1) is 6.61 Å². The first-order valence-corrected chi connectivity index (χ1v) is 11.2. The van der Waals surface area contributed by atoms with Crippen molar-refractivity contribution in [3.8, 4) is 17.1 Å². The second-order valence-electron chi connectivity index (χ2n) is 8.06. The molecule has 4 rings (SSSR count). The number of nitrogens with one attached hydrogen (secondary N) is 1. The van der Waals surface area contributed by atoms with Crippen LogP contribution in [-0.2, 0) is 17.8 Å². The van der Waals surface area contributed by atoms with Gasteiger partial charge in [-0.3, -0.25) is 9.59 Å². The summed E-state index contributed by atoms with van der Waals surface area (Å²) in [5.41, 5.74) is 2.42. The van der Waals surface area contributed by atoms with Gasteiger partial charge in [0, 0.05) is 36.2 Å². The van der Waals surface area contributed by atoms with Crippen LogP contribution in [0.15, 0.2) is 48.5 Å². The molecule has 0 bridgehead atoms. The van der Waals surface area contributed by atoms with Crippen molar-refractivity contribution in [2.75, 3.05) is 11.9 Å². The van der Waals surface area contributed by atoms with E-state index in [4.69, 9.17) is 4.74 Å². The molecule has 2 aromatic carbocycles. The number of carbonyl (C=O) groups excluding carboxylic acids is 2. The topological polar surface area (TPSA) is 86.1 Å². The first-order chi connectivity index (χ1) is 15.6. The van der Waals surface area contributed by atoms with Crippen LogP contribution in [0.25, 0.3) is 11.4 Å². The van der Waals surface area contributed by atoms with E-state index in [2.05, 4.69) is 20.1 Å². The van der Waals surface area contributed by atoms with E-state index >= 15 is 0 Å². The standard InChI is InChI=1S/C25H28N4O3/c1-18(30)19-10-14-22(15-11-19)32-17-5-7-24(31)26-21-12-8-20(9-13-21)25-28-27-23-6-3-2-4-16-29(23)25/h8-15H,2-7,16-17H2,1H3,(H,26,31). The van der Waals surface area contributed by atoms with Gasteiger partial charge in [0.25, 0.3) is 0 Å². The van der Waals surface area contributed by atoms with Crippen molar-refractivity contribution in [1.29, 1.82) is 0 Å². The van der Waals surface area contributed by atoms with Crippen LogP contribution in [0, 0.1) is 0 Å². The molecular weight excluding hydrogens is 404 g/mol. The number of ketones is 1. The van der Waals surface area contributed by atoms with E-state index in [1.807, 2.05) is 24.3 Å². The van der Waals surface area contributed by atoms with E-state index in [1.165, 1.54) is 19.8 Å². The number of Topliss-reactive ketones (excluding diaryl/α,β-unsaturated/α-hetero) is 1. The Bertz CT molecular complexity index is 1070. The zero-order chi connectivity index (χ0) is 22.3. The number of rotatable bonds is 8. The molecule has 1 aliphatic rings. The zero-order valence-corrected chi connectivity index (χ0v) is 18.3. The van der Waals surface area contributed by atoms with Crippen molar-refractivity contribution in [3.05, 3.63) is 59.9 Å². The fraction of sp³-hybridized carbons (Fsp3) is 0.360. The van der Waals surface area contributed by atoms with Crippen LogP contribution < -0.4 is 10.1 Å². The van der Waals surface area contributed by atoms with Gasteiger partial charge in [-0.2, -0.15) is 0 Å². The molecule has 0 spiro atoms. The Morgan fingerprint density at radius 3 is 2.53 bits per heavy atom. The van der Waals surface area contributed by atoms with E-state index < -0.39 is 0 Å². The van der Waals surface area contributed by atoms with Crippen LogP contribution in [0.1, 0.15) is 55.2 Å². The number of anilines is 1. The molecule has 0 aliphatic carbocycles. The molecule has 1 amide bonds. The highest BCUT2D eigenvalue weighted by Gasteiger charge is 2.16. The third-order valence-corrected chi connectivity index (χ3v) is 5.61. The summed E-state index contributed by atoms with van der Waals surface area (Å²) in [6.07, 6.45) is 5.49. The first-order valence-electron chi connectivity index (χ1n) is 11.2. The highest BCUT2D eigenvalue weighted by atomic mass is 16.5. The summed E-state index contributed by atoms with van der Waals surface area (Å²) in [5, 5.41) is 11.7. The van der Waals surface area contributed by atoms with Crippen molar-refractivity contribution in [1.82, 2.24) is 14.8 Å². The van der Waals surface area contributed by atoms with Crippen LogP contribution >= 0.6 is 0 Å². The predicted molar refractivity (Wildman–Crippen MR) is 123 cm³/mol. The second-order valence-corrected chi connectivity index (χ2v) is 8.06. The molecule has 1 aromatic heterocycles. The van der Waals surface area contributed by atoms with E-state index in [-0.39, 0.29) is 11.7 Å². The Balaban J connectivity index is 1.24. The molecule has 0 atom stereocenters. The molecule has 0 unspecified atom stereocenters. The van der Waals surface area contributed by atoms with E-state index in [0.29, 0.717) is 30.8 Å². The van der Waals surface area contributed by atoms with Crippen LogP contribution in [0.3, 0.4) is 0 Å². The largest absolute Gasteiger partial charge is 0.494 e. The van der Waals surface area contributed by atoms with Gasteiger partial charge >= 0.3 is 0 Å². The lowest BCUT2D eigenvalue weighted by Gasteiger charge is -2.09. The van der Waals surface area contributed by atoms with Crippen LogP contribution in [0.5, 0.6) is 5.75 Å². The smallest absolute Gasteiger partial charge is 0.224 e. The lowest BCUT2D eigenvalue weighted by atomic mass is 10.1. The molecule has 0 saturated heterocycles. The Hall–Kier alpha value is -3.48. The monoisotopic (exact) mass is 432 g/mol. The van der Waals surface area contributed by atoms with Crippen molar-refractivity contribution in [3.63, 3.8) is 0 Å². The first kappa shape index (κ1) is 21.7.